The summed E-state index contributed by atoms with van der Waals surface area (Å²) in [5.41, 5.74) is 0. The van der Waals surface area contributed by atoms with Crippen molar-refractivity contribution < 1.29 is 9.53 Å². The van der Waals surface area contributed by atoms with Crippen LogP contribution in [0.3, 0.4) is 0 Å². The van der Waals surface area contributed by atoms with Gasteiger partial charge >= 0.3 is 6.09 Å². The monoisotopic (exact) mass is 187 g/mol. The van der Waals surface area contributed by atoms with E-state index in [0.717, 1.165) is 25.9 Å². The predicted octanol–water partition coefficient (Wildman–Crippen LogP) is 2.51. The molecule has 0 radical (unpaired) electrons. The lowest BCUT2D eigenvalue weighted by molar-refractivity contribution is 0.117. The van der Waals surface area contributed by atoms with Gasteiger partial charge < -0.3 is 9.64 Å². The molecule has 0 spiro atoms. The van der Waals surface area contributed by atoms with E-state index in [2.05, 4.69) is 18.6 Å². The summed E-state index contributed by atoms with van der Waals surface area (Å²) in [6.45, 7) is 7.82. The van der Waals surface area contributed by atoms with Crippen molar-refractivity contribution in [2.45, 2.75) is 33.6 Å². The second-order valence-electron chi connectivity index (χ2n) is 3.19. The average Bonchev–Trinajstić information content (AvgIpc) is 2.19. The van der Waals surface area contributed by atoms with Crippen molar-refractivity contribution in [1.29, 1.82) is 0 Å². The highest BCUT2D eigenvalue weighted by Crippen LogP contribution is 2.10. The lowest BCUT2D eigenvalue weighted by Crippen LogP contribution is -2.34. The molecule has 0 aliphatic heterocycles. The van der Waals surface area contributed by atoms with Gasteiger partial charge in [0.1, 0.15) is 0 Å². The molecule has 0 saturated heterocycles. The summed E-state index contributed by atoms with van der Waals surface area (Å²) in [7, 11) is 1.43. The number of hydrogen-bond donors (Lipinski definition) is 0. The molecule has 13 heavy (non-hydrogen) atoms. The van der Waals surface area contributed by atoms with Crippen molar-refractivity contribution in [2.75, 3.05) is 20.2 Å². The number of ether oxygens (including phenoxy) is 1. The molecule has 0 aromatic heterocycles. The van der Waals surface area contributed by atoms with Gasteiger partial charge in [-0.25, -0.2) is 4.79 Å². The van der Waals surface area contributed by atoms with Crippen LogP contribution < -0.4 is 0 Å². The van der Waals surface area contributed by atoms with Crippen LogP contribution in [-0.4, -0.2) is 31.2 Å². The first-order chi connectivity index (χ1) is 6.19. The smallest absolute Gasteiger partial charge is 0.409 e. The molecule has 3 nitrogen and oxygen atoms in total. The minimum Gasteiger partial charge on any atom is -0.453 e. The molecule has 0 fully saturated rings. The van der Waals surface area contributed by atoms with Gasteiger partial charge in [0.2, 0.25) is 0 Å². The van der Waals surface area contributed by atoms with Gasteiger partial charge in [0.25, 0.3) is 0 Å². The zero-order chi connectivity index (χ0) is 10.3. The highest BCUT2D eigenvalue weighted by molar-refractivity contribution is 5.67. The first-order valence-corrected chi connectivity index (χ1v) is 5.02. The standard InChI is InChI=1S/C10H21NO2/c1-5-9(6-2)8-11(7-3)10(12)13-4/h9H,5-8H2,1-4H3. The molecule has 0 bridgehead atoms. The van der Waals surface area contributed by atoms with Crippen LogP contribution in [0, 0.1) is 5.92 Å². The zero-order valence-electron chi connectivity index (χ0n) is 9.17. The Labute approximate surface area is 81.1 Å². The first-order valence-electron chi connectivity index (χ1n) is 5.02. The molecule has 0 aliphatic rings. The van der Waals surface area contributed by atoms with Gasteiger partial charge in [0, 0.05) is 13.1 Å². The normalized spacial score (nSPS) is 10.2. The maximum absolute atomic E-state index is 11.2. The van der Waals surface area contributed by atoms with Crippen molar-refractivity contribution >= 4 is 6.09 Å². The van der Waals surface area contributed by atoms with E-state index in [9.17, 15) is 4.79 Å². The Hall–Kier alpha value is -0.730. The molecule has 0 rings (SSSR count). The van der Waals surface area contributed by atoms with Gasteiger partial charge in [-0.3, -0.25) is 0 Å². The van der Waals surface area contributed by atoms with E-state index in [1.165, 1.54) is 7.11 Å². The molecule has 78 valence electrons. The van der Waals surface area contributed by atoms with Gasteiger partial charge in [-0.2, -0.15) is 0 Å². The van der Waals surface area contributed by atoms with Crippen LogP contribution in [0.1, 0.15) is 33.6 Å². The summed E-state index contributed by atoms with van der Waals surface area (Å²) in [4.78, 5) is 13.0. The molecule has 0 atom stereocenters. The summed E-state index contributed by atoms with van der Waals surface area (Å²) in [5, 5.41) is 0. The van der Waals surface area contributed by atoms with Crippen LogP contribution in [0.15, 0.2) is 0 Å². The number of carbonyl (C=O) groups is 1. The summed E-state index contributed by atoms with van der Waals surface area (Å²) in [6, 6.07) is 0. The Kier molecular flexibility index (Phi) is 6.37. The highest BCUT2D eigenvalue weighted by atomic mass is 16.5. The fourth-order valence-electron chi connectivity index (χ4n) is 1.32. The van der Waals surface area contributed by atoms with Gasteiger partial charge in [-0.15, -0.1) is 0 Å². The third-order valence-corrected chi connectivity index (χ3v) is 2.45. The van der Waals surface area contributed by atoms with E-state index in [0.29, 0.717) is 5.92 Å². The number of hydrogen-bond acceptors (Lipinski definition) is 2. The highest BCUT2D eigenvalue weighted by Gasteiger charge is 2.15. The third-order valence-electron chi connectivity index (χ3n) is 2.45. The summed E-state index contributed by atoms with van der Waals surface area (Å²) >= 11 is 0. The number of rotatable bonds is 5. The Morgan fingerprint density at radius 2 is 1.85 bits per heavy atom. The molecule has 0 unspecified atom stereocenters. The predicted molar refractivity (Wildman–Crippen MR) is 53.7 cm³/mol. The molecule has 0 heterocycles. The van der Waals surface area contributed by atoms with Gasteiger partial charge in [0.05, 0.1) is 7.11 Å². The van der Waals surface area contributed by atoms with Crippen molar-refractivity contribution in [1.82, 2.24) is 4.90 Å². The van der Waals surface area contributed by atoms with Crippen LogP contribution in [0.2, 0.25) is 0 Å². The quantitative estimate of drug-likeness (QED) is 0.662. The fraction of sp³-hybridized carbons (Fsp3) is 0.900. The Bertz CT molecular complexity index is 144. The molecule has 3 heteroatoms. The average molecular weight is 187 g/mol. The molecule has 0 saturated carbocycles. The van der Waals surface area contributed by atoms with Crippen molar-refractivity contribution in [3.05, 3.63) is 0 Å². The maximum atomic E-state index is 11.2. The van der Waals surface area contributed by atoms with Crippen molar-refractivity contribution in [2.24, 2.45) is 5.92 Å². The largest absolute Gasteiger partial charge is 0.453 e. The minimum atomic E-state index is -0.214. The molecular formula is C10H21NO2. The van der Waals surface area contributed by atoms with Crippen LogP contribution in [0.5, 0.6) is 0 Å². The number of carbonyl (C=O) groups excluding carboxylic acids is 1. The van der Waals surface area contributed by atoms with E-state index < -0.39 is 0 Å². The summed E-state index contributed by atoms with van der Waals surface area (Å²) in [5.74, 6) is 0.596. The fourth-order valence-corrected chi connectivity index (χ4v) is 1.32. The second-order valence-corrected chi connectivity index (χ2v) is 3.19. The van der Waals surface area contributed by atoms with E-state index in [1.54, 1.807) is 4.90 Å². The van der Waals surface area contributed by atoms with Crippen LogP contribution in [0.25, 0.3) is 0 Å². The topological polar surface area (TPSA) is 29.5 Å². The Morgan fingerprint density at radius 1 is 1.31 bits per heavy atom. The summed E-state index contributed by atoms with van der Waals surface area (Å²) in [6.07, 6.45) is 2.02. The van der Waals surface area contributed by atoms with Crippen molar-refractivity contribution in [3.8, 4) is 0 Å². The number of methoxy groups -OCH3 is 1. The molecule has 0 aromatic carbocycles. The van der Waals surface area contributed by atoms with E-state index in [-0.39, 0.29) is 6.09 Å². The molecule has 0 aromatic rings. The molecule has 0 N–H and O–H groups in total. The molecular weight excluding hydrogens is 166 g/mol. The third kappa shape index (κ3) is 4.15. The van der Waals surface area contributed by atoms with Gasteiger partial charge in [-0.1, -0.05) is 26.7 Å². The maximum Gasteiger partial charge on any atom is 0.409 e. The van der Waals surface area contributed by atoms with E-state index in [4.69, 9.17) is 0 Å². The van der Waals surface area contributed by atoms with Crippen LogP contribution >= 0.6 is 0 Å². The number of nitrogens with zero attached hydrogens (tertiary/aromatic N) is 1. The minimum absolute atomic E-state index is 0.214. The van der Waals surface area contributed by atoms with E-state index >= 15 is 0 Å². The lowest BCUT2D eigenvalue weighted by atomic mass is 10.0. The Morgan fingerprint density at radius 3 is 2.15 bits per heavy atom. The summed E-state index contributed by atoms with van der Waals surface area (Å²) < 4.78 is 4.68. The van der Waals surface area contributed by atoms with E-state index in [1.807, 2.05) is 6.92 Å². The van der Waals surface area contributed by atoms with Gasteiger partial charge in [0.15, 0.2) is 0 Å². The molecule has 0 aliphatic carbocycles. The zero-order valence-corrected chi connectivity index (χ0v) is 9.17. The van der Waals surface area contributed by atoms with Gasteiger partial charge in [-0.05, 0) is 12.8 Å². The van der Waals surface area contributed by atoms with Crippen LogP contribution in [0.4, 0.5) is 4.79 Å². The molecule has 1 amide bonds. The SMILES string of the molecule is CCC(CC)CN(CC)C(=O)OC. The Balaban J connectivity index is 4.02. The van der Waals surface area contributed by atoms with Crippen LogP contribution in [-0.2, 0) is 4.74 Å². The number of amides is 1. The van der Waals surface area contributed by atoms with Crippen molar-refractivity contribution in [3.63, 3.8) is 0 Å². The first kappa shape index (κ1) is 12.3. The lowest BCUT2D eigenvalue weighted by Gasteiger charge is -2.23. The second kappa shape index (κ2) is 6.75.